The van der Waals surface area contributed by atoms with Crippen LogP contribution in [-0.2, 0) is 16.7 Å². The summed E-state index contributed by atoms with van der Waals surface area (Å²) in [4.78, 5) is 2.25. The van der Waals surface area contributed by atoms with Crippen LogP contribution in [0.25, 0.3) is 23.3 Å². The molecule has 5 aromatic rings. The number of anilines is 3. The lowest BCUT2D eigenvalue weighted by Gasteiger charge is -2.25. The number of aryl methyl sites for hydroxylation is 1. The van der Waals surface area contributed by atoms with Gasteiger partial charge in [0.05, 0.1) is 5.75 Å². The Hall–Kier alpha value is -4.52. The van der Waals surface area contributed by atoms with E-state index in [9.17, 15) is 8.42 Å². The van der Waals surface area contributed by atoms with Crippen LogP contribution in [-0.4, -0.2) is 18.7 Å². The van der Waals surface area contributed by atoms with Crippen molar-refractivity contribution in [1.82, 2.24) is 0 Å². The number of hydrogen-bond acceptors (Lipinski definition) is 3. The fourth-order valence-corrected chi connectivity index (χ4v) is 5.04. The van der Waals surface area contributed by atoms with E-state index in [-0.39, 0.29) is 5.75 Å². The molecule has 200 valence electrons. The van der Waals surface area contributed by atoms with Crippen molar-refractivity contribution in [3.63, 3.8) is 0 Å². The number of rotatable bonds is 10. The molecule has 1 N–H and O–H groups in total. The zero-order valence-corrected chi connectivity index (χ0v) is 22.9. The van der Waals surface area contributed by atoms with Gasteiger partial charge in [-0.05, 0) is 58.7 Å². The molecule has 0 saturated carbocycles. The molecule has 1 heterocycles. The standard InChI is InChI=1S/C34H30N2O3S/c37-40(38,39)27-7-24-35-25-22-29(23-26-35)13-12-28-14-16-30(17-15-28)31-18-20-34(21-19-31)36(32-8-3-1-4-9-32)33-10-5-2-6-11-33/h1-6,8-23,25-26H,7,24,27H2/p+1. The molecule has 6 heteroatoms. The Bertz CT molecular complexity index is 1610. The first-order valence-corrected chi connectivity index (χ1v) is 14.8. The first-order valence-electron chi connectivity index (χ1n) is 13.2. The van der Waals surface area contributed by atoms with Crippen molar-refractivity contribution in [2.45, 2.75) is 13.0 Å². The summed E-state index contributed by atoms with van der Waals surface area (Å²) in [5.74, 6) is -0.235. The lowest BCUT2D eigenvalue weighted by atomic mass is 10.0. The largest absolute Gasteiger partial charge is 0.311 e. The highest BCUT2D eigenvalue weighted by Crippen LogP contribution is 2.35. The molecule has 0 fully saturated rings. The summed E-state index contributed by atoms with van der Waals surface area (Å²) >= 11 is 0. The van der Waals surface area contributed by atoms with Crippen LogP contribution in [0.5, 0.6) is 0 Å². The maximum absolute atomic E-state index is 10.9. The third-order valence-electron chi connectivity index (χ3n) is 6.60. The molecule has 40 heavy (non-hydrogen) atoms. The van der Waals surface area contributed by atoms with E-state index in [1.165, 1.54) is 0 Å². The number of aromatic nitrogens is 1. The molecule has 0 unspecified atom stereocenters. The van der Waals surface area contributed by atoms with Crippen molar-refractivity contribution in [3.8, 4) is 11.1 Å². The summed E-state index contributed by atoms with van der Waals surface area (Å²) in [7, 11) is -3.92. The van der Waals surface area contributed by atoms with Gasteiger partial charge in [-0.15, -0.1) is 0 Å². The van der Waals surface area contributed by atoms with Gasteiger partial charge in [-0.1, -0.05) is 84.9 Å². The highest BCUT2D eigenvalue weighted by atomic mass is 32.2. The van der Waals surface area contributed by atoms with Crippen molar-refractivity contribution in [1.29, 1.82) is 0 Å². The van der Waals surface area contributed by atoms with Crippen molar-refractivity contribution < 1.29 is 17.5 Å². The van der Waals surface area contributed by atoms with Crippen molar-refractivity contribution >= 4 is 39.3 Å². The Morgan fingerprint density at radius 1 is 0.600 bits per heavy atom. The monoisotopic (exact) mass is 547 g/mol. The molecule has 4 aromatic carbocycles. The van der Waals surface area contributed by atoms with E-state index in [1.807, 2.05) is 47.3 Å². The second-order valence-electron chi connectivity index (χ2n) is 9.52. The van der Waals surface area contributed by atoms with Gasteiger partial charge >= 0.3 is 0 Å². The number of para-hydroxylation sites is 2. The van der Waals surface area contributed by atoms with Crippen molar-refractivity contribution in [2.24, 2.45) is 0 Å². The van der Waals surface area contributed by atoms with Crippen LogP contribution >= 0.6 is 0 Å². The van der Waals surface area contributed by atoms with Crippen LogP contribution in [0.15, 0.2) is 134 Å². The molecule has 0 aliphatic carbocycles. The van der Waals surface area contributed by atoms with Crippen LogP contribution in [0.4, 0.5) is 17.1 Å². The average Bonchev–Trinajstić information content (AvgIpc) is 2.98. The molecule has 0 saturated heterocycles. The molecule has 0 spiro atoms. The zero-order valence-electron chi connectivity index (χ0n) is 22.0. The molecule has 5 rings (SSSR count). The fourth-order valence-electron chi connectivity index (χ4n) is 4.54. The SMILES string of the molecule is O=S(=O)(O)CCC[n+]1ccc(/C=C/c2ccc(-c3ccc(N(c4ccccc4)c4ccccc4)cc3)cc2)cc1. The van der Waals surface area contributed by atoms with Gasteiger partial charge < -0.3 is 4.90 Å². The van der Waals surface area contributed by atoms with E-state index in [2.05, 4.69) is 108 Å². The van der Waals surface area contributed by atoms with Crippen LogP contribution in [0.2, 0.25) is 0 Å². The van der Waals surface area contributed by atoms with E-state index in [0.29, 0.717) is 13.0 Å². The third kappa shape index (κ3) is 7.32. The topological polar surface area (TPSA) is 61.5 Å². The van der Waals surface area contributed by atoms with E-state index in [4.69, 9.17) is 4.55 Å². The maximum Gasteiger partial charge on any atom is 0.265 e. The lowest BCUT2D eigenvalue weighted by Crippen LogP contribution is -2.33. The lowest BCUT2D eigenvalue weighted by molar-refractivity contribution is -0.696. The highest BCUT2D eigenvalue weighted by Gasteiger charge is 2.12. The normalized spacial score (nSPS) is 11.5. The molecule has 0 aliphatic rings. The minimum absolute atomic E-state index is 0.235. The summed E-state index contributed by atoms with van der Waals surface area (Å²) in [6, 6.07) is 41.9. The Morgan fingerprint density at radius 2 is 1.05 bits per heavy atom. The Kier molecular flexibility index (Phi) is 8.50. The first kappa shape index (κ1) is 27.1. The summed E-state index contributed by atoms with van der Waals surface area (Å²) in [6.07, 6.45) is 8.31. The summed E-state index contributed by atoms with van der Waals surface area (Å²) in [6.45, 7) is 0.531. The third-order valence-corrected chi connectivity index (χ3v) is 7.41. The van der Waals surface area contributed by atoms with E-state index in [0.717, 1.165) is 39.3 Å². The van der Waals surface area contributed by atoms with Crippen molar-refractivity contribution in [2.75, 3.05) is 10.7 Å². The molecular formula is C34H31N2O3S+. The van der Waals surface area contributed by atoms with Gasteiger partial charge in [0, 0.05) is 35.6 Å². The van der Waals surface area contributed by atoms with Gasteiger partial charge in [-0.25, -0.2) is 4.57 Å². The molecule has 0 amide bonds. The number of nitrogens with zero attached hydrogens (tertiary/aromatic N) is 2. The van der Waals surface area contributed by atoms with Gasteiger partial charge in [0.25, 0.3) is 10.1 Å². The van der Waals surface area contributed by atoms with Crippen LogP contribution < -0.4 is 9.47 Å². The second-order valence-corrected chi connectivity index (χ2v) is 11.1. The Balaban J connectivity index is 1.25. The summed E-state index contributed by atoms with van der Waals surface area (Å²) in [5, 5.41) is 0. The van der Waals surface area contributed by atoms with Gasteiger partial charge in [0.15, 0.2) is 12.4 Å². The van der Waals surface area contributed by atoms with Crippen LogP contribution in [0.3, 0.4) is 0 Å². The predicted molar refractivity (Wildman–Crippen MR) is 163 cm³/mol. The summed E-state index contributed by atoms with van der Waals surface area (Å²) in [5.41, 5.74) is 7.79. The van der Waals surface area contributed by atoms with Crippen LogP contribution in [0, 0.1) is 0 Å². The molecular weight excluding hydrogens is 516 g/mol. The number of benzene rings is 4. The molecule has 0 atom stereocenters. The fraction of sp³-hybridized carbons (Fsp3) is 0.0882. The van der Waals surface area contributed by atoms with Gasteiger partial charge in [0.2, 0.25) is 0 Å². The zero-order chi connectivity index (χ0) is 27.8. The van der Waals surface area contributed by atoms with E-state index < -0.39 is 10.1 Å². The van der Waals surface area contributed by atoms with Gasteiger partial charge in [-0.3, -0.25) is 4.55 Å². The number of pyridine rings is 1. The Morgan fingerprint density at radius 3 is 1.55 bits per heavy atom. The van der Waals surface area contributed by atoms with E-state index in [1.54, 1.807) is 0 Å². The molecule has 0 bridgehead atoms. The predicted octanol–water partition coefficient (Wildman–Crippen LogP) is 7.56. The first-order chi connectivity index (χ1) is 19.4. The minimum Gasteiger partial charge on any atom is -0.311 e. The van der Waals surface area contributed by atoms with Gasteiger partial charge in [-0.2, -0.15) is 8.42 Å². The second kappa shape index (κ2) is 12.6. The Labute approximate surface area is 236 Å². The molecule has 1 aromatic heterocycles. The number of hydrogen-bond donors (Lipinski definition) is 1. The average molecular weight is 548 g/mol. The molecule has 0 radical (unpaired) electrons. The minimum atomic E-state index is -3.92. The van der Waals surface area contributed by atoms with Crippen molar-refractivity contribution in [3.05, 3.63) is 145 Å². The molecule has 0 aliphatic heterocycles. The highest BCUT2D eigenvalue weighted by molar-refractivity contribution is 7.85. The van der Waals surface area contributed by atoms with Crippen LogP contribution in [0.1, 0.15) is 17.5 Å². The van der Waals surface area contributed by atoms with E-state index >= 15 is 0 Å². The van der Waals surface area contributed by atoms with Gasteiger partial charge in [0.1, 0.15) is 6.54 Å². The quantitative estimate of drug-likeness (QED) is 0.145. The maximum atomic E-state index is 10.9. The smallest absolute Gasteiger partial charge is 0.265 e. The summed E-state index contributed by atoms with van der Waals surface area (Å²) < 4.78 is 32.5. The molecule has 5 nitrogen and oxygen atoms in total.